The van der Waals surface area contributed by atoms with Crippen LogP contribution in [0.3, 0.4) is 0 Å². The maximum atomic E-state index is 11.0. The first-order valence-electron chi connectivity index (χ1n) is 10.1. The summed E-state index contributed by atoms with van der Waals surface area (Å²) in [7, 11) is 0. The monoisotopic (exact) mass is 444 g/mol. The molecule has 1 unspecified atom stereocenters. The van der Waals surface area contributed by atoms with Gasteiger partial charge in [0, 0.05) is 30.7 Å². The molecular weight excluding hydrogens is 416 g/mol. The Kier molecular flexibility index (Phi) is 7.21. The van der Waals surface area contributed by atoms with Gasteiger partial charge in [0.15, 0.2) is 0 Å². The lowest BCUT2D eigenvalue weighted by Crippen LogP contribution is -2.43. The van der Waals surface area contributed by atoms with Crippen LogP contribution in [0, 0.1) is 5.41 Å². The van der Waals surface area contributed by atoms with Gasteiger partial charge in [0.2, 0.25) is 5.91 Å². The molecule has 0 aliphatic carbocycles. The fourth-order valence-electron chi connectivity index (χ4n) is 3.65. The fourth-order valence-corrected chi connectivity index (χ4v) is 3.77. The van der Waals surface area contributed by atoms with Crippen molar-refractivity contribution in [3.8, 4) is 0 Å². The standard InChI is InChI=1S/C21H29ClN8O/c1-13(24)30-17-4-2-14(15(9-23)10-27-12-20(26)31)8-18(17)29(7-6-19(30)25)21-5-3-16(22)11-28-21/h2-5,8,10,13,25,27-28H,6-7,9,11-12,23-24H2,1H3,(H2,26,31)/b15-10+,25-19?. The second-order valence-electron chi connectivity index (χ2n) is 7.40. The van der Waals surface area contributed by atoms with E-state index in [-0.39, 0.29) is 19.3 Å². The molecule has 3 rings (SSSR count). The predicted octanol–water partition coefficient (Wildman–Crippen LogP) is 0.927. The lowest BCUT2D eigenvalue weighted by atomic mass is 10.0. The van der Waals surface area contributed by atoms with Gasteiger partial charge in [0.05, 0.1) is 30.6 Å². The number of nitrogens with one attached hydrogen (secondary N) is 3. The summed E-state index contributed by atoms with van der Waals surface area (Å²) in [6, 6.07) is 5.91. The molecule has 31 heavy (non-hydrogen) atoms. The molecule has 9 nitrogen and oxygen atoms in total. The molecule has 166 valence electrons. The number of dihydropyridines is 1. The van der Waals surface area contributed by atoms with Crippen LogP contribution in [0.1, 0.15) is 18.9 Å². The second kappa shape index (κ2) is 9.86. The van der Waals surface area contributed by atoms with Gasteiger partial charge >= 0.3 is 0 Å². The molecule has 1 atom stereocenters. The highest BCUT2D eigenvalue weighted by atomic mass is 35.5. The Hall–Kier alpha value is -3.01. The minimum absolute atomic E-state index is 0.0279. The Morgan fingerprint density at radius 1 is 1.39 bits per heavy atom. The van der Waals surface area contributed by atoms with E-state index < -0.39 is 5.91 Å². The number of allylic oxidation sites excluding steroid dienone is 2. The third-order valence-corrected chi connectivity index (χ3v) is 5.35. The molecule has 0 fully saturated rings. The molecule has 1 aromatic rings. The average Bonchev–Trinajstić information content (AvgIpc) is 2.87. The van der Waals surface area contributed by atoms with E-state index in [2.05, 4.69) is 15.5 Å². The van der Waals surface area contributed by atoms with E-state index in [4.69, 9.17) is 34.2 Å². The molecule has 1 aromatic carbocycles. The largest absolute Gasteiger partial charge is 0.382 e. The molecule has 0 aromatic heterocycles. The van der Waals surface area contributed by atoms with E-state index >= 15 is 0 Å². The first-order valence-corrected chi connectivity index (χ1v) is 10.4. The first kappa shape index (κ1) is 22.7. The zero-order valence-electron chi connectivity index (χ0n) is 17.5. The summed E-state index contributed by atoms with van der Waals surface area (Å²) < 4.78 is 0. The number of hydrogen-bond acceptors (Lipinski definition) is 7. The Bertz CT molecular complexity index is 953. The van der Waals surface area contributed by atoms with E-state index in [1.807, 2.05) is 42.2 Å². The van der Waals surface area contributed by atoms with Crippen molar-refractivity contribution in [1.29, 1.82) is 5.41 Å². The van der Waals surface area contributed by atoms with Crippen LogP contribution in [0.25, 0.3) is 5.57 Å². The van der Waals surface area contributed by atoms with Gasteiger partial charge in [-0.1, -0.05) is 17.7 Å². The topological polar surface area (TPSA) is 150 Å². The molecule has 0 saturated heterocycles. The number of nitrogens with two attached hydrogens (primary N) is 3. The minimum Gasteiger partial charge on any atom is -0.382 e. The van der Waals surface area contributed by atoms with E-state index in [9.17, 15) is 4.79 Å². The summed E-state index contributed by atoms with van der Waals surface area (Å²) in [4.78, 5) is 15.0. The van der Waals surface area contributed by atoms with E-state index in [1.54, 1.807) is 6.20 Å². The maximum absolute atomic E-state index is 11.0. The van der Waals surface area contributed by atoms with Gasteiger partial charge < -0.3 is 37.6 Å². The van der Waals surface area contributed by atoms with E-state index in [0.29, 0.717) is 25.3 Å². The summed E-state index contributed by atoms with van der Waals surface area (Å²) in [6.07, 6.45) is 5.68. The highest BCUT2D eigenvalue weighted by Crippen LogP contribution is 2.37. The Balaban J connectivity index is 2.08. The summed E-state index contributed by atoms with van der Waals surface area (Å²) in [6.45, 7) is 3.31. The van der Waals surface area contributed by atoms with Gasteiger partial charge in [0.25, 0.3) is 0 Å². The lowest BCUT2D eigenvalue weighted by molar-refractivity contribution is -0.117. The van der Waals surface area contributed by atoms with Crippen molar-refractivity contribution in [1.82, 2.24) is 10.6 Å². The quantitative estimate of drug-likeness (QED) is 0.366. The zero-order valence-corrected chi connectivity index (χ0v) is 18.2. The van der Waals surface area contributed by atoms with Crippen molar-refractivity contribution in [3.63, 3.8) is 0 Å². The SMILES string of the molecule is CC(N)N1C(=N)CCN(C2=CC=C(Cl)CN2)c2cc(/C(=C/NCC(N)=O)CN)ccc21. The first-order chi connectivity index (χ1) is 14.8. The van der Waals surface area contributed by atoms with Gasteiger partial charge in [-0.15, -0.1) is 0 Å². The van der Waals surface area contributed by atoms with Gasteiger partial charge in [-0.3, -0.25) is 10.2 Å². The Morgan fingerprint density at radius 2 is 2.16 bits per heavy atom. The second-order valence-corrected chi connectivity index (χ2v) is 7.89. The van der Waals surface area contributed by atoms with E-state index in [1.165, 1.54) is 0 Å². The molecular formula is C21H29ClN8O. The molecule has 2 heterocycles. The maximum Gasteiger partial charge on any atom is 0.236 e. The molecule has 9 N–H and O–H groups in total. The lowest BCUT2D eigenvalue weighted by Gasteiger charge is -2.32. The number of carbonyl (C=O) groups excluding carboxylic acids is 1. The number of hydrogen-bond donors (Lipinski definition) is 6. The number of halogens is 1. The van der Waals surface area contributed by atoms with Crippen LogP contribution < -0.4 is 37.6 Å². The number of primary amides is 1. The Morgan fingerprint density at radius 3 is 2.77 bits per heavy atom. The number of benzene rings is 1. The van der Waals surface area contributed by atoms with Crippen LogP contribution in [-0.4, -0.2) is 44.1 Å². The van der Waals surface area contributed by atoms with Crippen molar-refractivity contribution >= 4 is 40.3 Å². The van der Waals surface area contributed by atoms with E-state index in [0.717, 1.165) is 33.4 Å². The van der Waals surface area contributed by atoms with Crippen LogP contribution in [0.4, 0.5) is 11.4 Å². The predicted molar refractivity (Wildman–Crippen MR) is 127 cm³/mol. The van der Waals surface area contributed by atoms with Crippen molar-refractivity contribution in [2.45, 2.75) is 19.5 Å². The molecule has 1 amide bonds. The fraction of sp³-hybridized carbons (Fsp3) is 0.333. The van der Waals surface area contributed by atoms with Crippen molar-refractivity contribution in [2.24, 2.45) is 17.2 Å². The van der Waals surface area contributed by atoms with Crippen LogP contribution in [0.5, 0.6) is 0 Å². The minimum atomic E-state index is -0.450. The average molecular weight is 445 g/mol. The summed E-state index contributed by atoms with van der Waals surface area (Å²) in [5, 5.41) is 15.5. The van der Waals surface area contributed by atoms with Crippen molar-refractivity contribution in [3.05, 3.63) is 53.0 Å². The van der Waals surface area contributed by atoms with Crippen molar-refractivity contribution < 1.29 is 4.79 Å². The van der Waals surface area contributed by atoms with Crippen molar-refractivity contribution in [2.75, 3.05) is 36.0 Å². The summed E-state index contributed by atoms with van der Waals surface area (Å²) >= 11 is 6.11. The highest BCUT2D eigenvalue weighted by molar-refractivity contribution is 6.30. The molecule has 2 aliphatic heterocycles. The number of nitrogens with zero attached hydrogens (tertiary/aromatic N) is 2. The zero-order chi connectivity index (χ0) is 22.5. The molecule has 0 saturated carbocycles. The normalized spacial score (nSPS) is 17.8. The third kappa shape index (κ3) is 5.19. The number of amides is 1. The van der Waals surface area contributed by atoms with Crippen LogP contribution in [-0.2, 0) is 4.79 Å². The number of rotatable bonds is 7. The van der Waals surface area contributed by atoms with Crippen LogP contribution >= 0.6 is 11.6 Å². The van der Waals surface area contributed by atoms with Gasteiger partial charge in [0.1, 0.15) is 11.7 Å². The molecule has 0 radical (unpaired) electrons. The number of amidine groups is 1. The molecule has 10 heteroatoms. The summed E-state index contributed by atoms with van der Waals surface area (Å²) in [5.74, 6) is 0.898. The number of carbonyl (C=O) groups is 1. The highest BCUT2D eigenvalue weighted by Gasteiger charge is 2.28. The van der Waals surface area contributed by atoms with Gasteiger partial charge in [-0.25, -0.2) is 0 Å². The molecule has 0 bridgehead atoms. The summed E-state index contributed by atoms with van der Waals surface area (Å²) in [5.41, 5.74) is 20.9. The molecule has 2 aliphatic rings. The van der Waals surface area contributed by atoms with Gasteiger partial charge in [-0.2, -0.15) is 0 Å². The smallest absolute Gasteiger partial charge is 0.236 e. The number of anilines is 2. The van der Waals surface area contributed by atoms with Crippen LogP contribution in [0.15, 0.2) is 47.4 Å². The third-order valence-electron chi connectivity index (χ3n) is 5.09. The Labute approximate surface area is 187 Å². The van der Waals surface area contributed by atoms with Gasteiger partial charge in [-0.05, 0) is 42.3 Å². The van der Waals surface area contributed by atoms with Crippen LogP contribution in [0.2, 0.25) is 0 Å². The molecule has 0 spiro atoms. The number of fused-ring (bicyclic) bond motifs is 1.